The first-order chi connectivity index (χ1) is 15.6. The van der Waals surface area contributed by atoms with Crippen LogP contribution in [0.1, 0.15) is 28.7 Å². The molecule has 8 nitrogen and oxygen atoms in total. The maximum atomic E-state index is 13.4. The fraction of sp³-hybridized carbons (Fsp3) is 0.273. The van der Waals surface area contributed by atoms with Crippen molar-refractivity contribution in [2.75, 3.05) is 13.1 Å². The van der Waals surface area contributed by atoms with Crippen LogP contribution in [0.25, 0.3) is 16.9 Å². The third kappa shape index (κ3) is 4.97. The van der Waals surface area contributed by atoms with E-state index in [1.165, 1.54) is 18.5 Å². The predicted molar refractivity (Wildman–Crippen MR) is 117 cm³/mol. The molecule has 1 aromatic carbocycles. The lowest BCUT2D eigenvalue weighted by molar-refractivity contribution is -0.146. The highest BCUT2D eigenvalue weighted by molar-refractivity contribution is 5.96. The van der Waals surface area contributed by atoms with Crippen LogP contribution in [0.4, 0.5) is 13.2 Å². The Balaban J connectivity index is 1.73. The predicted octanol–water partition coefficient (Wildman–Crippen LogP) is 3.51. The normalized spacial score (nSPS) is 17.8. The molecule has 0 aliphatic carbocycles. The molecule has 1 aliphatic rings. The summed E-state index contributed by atoms with van der Waals surface area (Å²) in [5.41, 5.74) is 1.64. The van der Waals surface area contributed by atoms with Crippen molar-refractivity contribution >= 4 is 18.5 Å². The van der Waals surface area contributed by atoms with E-state index in [1.54, 1.807) is 24.5 Å². The van der Waals surface area contributed by atoms with Crippen molar-refractivity contribution in [3.8, 4) is 16.9 Å². The highest BCUT2D eigenvalue weighted by Crippen LogP contribution is 2.30. The number of rotatable bonds is 5. The van der Waals surface area contributed by atoms with E-state index in [0.29, 0.717) is 22.5 Å². The van der Waals surface area contributed by atoms with Crippen molar-refractivity contribution in [2.24, 2.45) is 15.4 Å². The maximum absolute atomic E-state index is 13.4. The highest BCUT2D eigenvalue weighted by Gasteiger charge is 2.37. The quantitative estimate of drug-likeness (QED) is 0.637. The first-order valence-electron chi connectivity index (χ1n) is 10.0. The lowest BCUT2D eigenvalue weighted by Crippen LogP contribution is -2.39. The van der Waals surface area contributed by atoms with E-state index in [-0.39, 0.29) is 17.8 Å². The monoisotopic (exact) mass is 455 g/mol. The smallest absolute Gasteiger partial charge is 0.351 e. The largest absolute Gasteiger partial charge is 0.451 e. The summed E-state index contributed by atoms with van der Waals surface area (Å²) < 4.78 is 40.9. The minimum absolute atomic E-state index is 0.0416. The van der Waals surface area contributed by atoms with Crippen LogP contribution >= 0.6 is 0 Å². The average molecular weight is 455 g/mol. The van der Waals surface area contributed by atoms with Crippen molar-refractivity contribution in [3.63, 3.8) is 0 Å². The molecule has 170 valence electrons. The van der Waals surface area contributed by atoms with Gasteiger partial charge in [-0.15, -0.1) is 0 Å². The Kier molecular flexibility index (Phi) is 5.79. The molecule has 33 heavy (non-hydrogen) atoms. The summed E-state index contributed by atoms with van der Waals surface area (Å²) >= 11 is 0. The van der Waals surface area contributed by atoms with E-state index in [4.69, 9.17) is 0 Å². The molecule has 11 heteroatoms. The minimum Gasteiger partial charge on any atom is -0.351 e. The van der Waals surface area contributed by atoms with Gasteiger partial charge in [-0.3, -0.25) is 14.8 Å². The number of carbonyl (C=O) groups excluding carboxylic acids is 1. The Morgan fingerprint density at radius 3 is 2.70 bits per heavy atom. The number of alkyl halides is 3. The number of halogens is 3. The van der Waals surface area contributed by atoms with Crippen molar-refractivity contribution in [1.82, 2.24) is 25.1 Å². The van der Waals surface area contributed by atoms with Gasteiger partial charge in [-0.2, -0.15) is 18.3 Å². The van der Waals surface area contributed by atoms with Crippen LogP contribution in [0, 0.1) is 12.3 Å². The number of aliphatic imine (C=N–C) groups is 2. The van der Waals surface area contributed by atoms with Crippen LogP contribution < -0.4 is 5.32 Å². The Bertz CT molecular complexity index is 1230. The molecular formula is C22H20F3N7O. The van der Waals surface area contributed by atoms with Gasteiger partial charge in [0.1, 0.15) is 12.7 Å². The molecule has 1 atom stereocenters. The fourth-order valence-corrected chi connectivity index (χ4v) is 3.31. The Hall–Kier alpha value is -3.89. The Morgan fingerprint density at radius 2 is 2.03 bits per heavy atom. The number of pyridine rings is 1. The zero-order valence-corrected chi connectivity index (χ0v) is 17.8. The van der Waals surface area contributed by atoms with Crippen molar-refractivity contribution in [1.29, 1.82) is 0 Å². The van der Waals surface area contributed by atoms with E-state index < -0.39 is 23.3 Å². The molecule has 4 rings (SSSR count). The molecule has 1 aliphatic heterocycles. The van der Waals surface area contributed by atoms with Crippen LogP contribution in [0.15, 0.2) is 52.8 Å². The number of hydrogen-bond acceptors (Lipinski definition) is 6. The molecular weight excluding hydrogens is 435 g/mol. The third-order valence-electron chi connectivity index (χ3n) is 5.07. The van der Waals surface area contributed by atoms with E-state index in [2.05, 4.69) is 30.4 Å². The SMILES string of the molecule is Cc1ccc(-c2cc(C(=O)NCC3(C)C=NC=NC3)cc(-n3ncnc3C(F)(F)F)c2)nc1. The van der Waals surface area contributed by atoms with Crippen LogP contribution in [0.2, 0.25) is 0 Å². The van der Waals surface area contributed by atoms with Gasteiger partial charge in [-0.1, -0.05) is 13.0 Å². The van der Waals surface area contributed by atoms with Gasteiger partial charge in [0.15, 0.2) is 0 Å². The molecule has 1 unspecified atom stereocenters. The highest BCUT2D eigenvalue weighted by atomic mass is 19.4. The van der Waals surface area contributed by atoms with Crippen LogP contribution in [-0.2, 0) is 6.18 Å². The van der Waals surface area contributed by atoms with Crippen molar-refractivity contribution in [3.05, 3.63) is 59.8 Å². The number of aromatic nitrogens is 4. The summed E-state index contributed by atoms with van der Waals surface area (Å²) in [6.07, 6.45) is 0.908. The number of aryl methyl sites for hydroxylation is 1. The van der Waals surface area contributed by atoms with Crippen LogP contribution in [0.5, 0.6) is 0 Å². The minimum atomic E-state index is -4.72. The summed E-state index contributed by atoms with van der Waals surface area (Å²) in [6, 6.07) is 7.97. The summed E-state index contributed by atoms with van der Waals surface area (Å²) in [5, 5.41) is 6.56. The van der Waals surface area contributed by atoms with E-state index >= 15 is 0 Å². The molecule has 1 amide bonds. The van der Waals surface area contributed by atoms with Gasteiger partial charge >= 0.3 is 6.18 Å². The second kappa shape index (κ2) is 8.57. The van der Waals surface area contributed by atoms with E-state index in [0.717, 1.165) is 11.9 Å². The second-order valence-electron chi connectivity index (χ2n) is 8.05. The zero-order valence-electron chi connectivity index (χ0n) is 17.8. The first-order valence-corrected chi connectivity index (χ1v) is 10.0. The molecule has 0 spiro atoms. The summed E-state index contributed by atoms with van der Waals surface area (Å²) in [6.45, 7) is 4.49. The average Bonchev–Trinajstić information content (AvgIpc) is 3.29. The summed E-state index contributed by atoms with van der Waals surface area (Å²) in [4.78, 5) is 28.8. The number of benzene rings is 1. The Labute approximate surface area is 187 Å². The number of carbonyl (C=O) groups is 1. The van der Waals surface area contributed by atoms with Gasteiger partial charge in [-0.05, 0) is 36.8 Å². The number of amides is 1. The molecule has 0 bridgehead atoms. The summed E-state index contributed by atoms with van der Waals surface area (Å²) in [5.74, 6) is -1.64. The molecule has 0 fully saturated rings. The second-order valence-corrected chi connectivity index (χ2v) is 8.05. The van der Waals surface area contributed by atoms with Gasteiger partial charge in [-0.25, -0.2) is 14.7 Å². The van der Waals surface area contributed by atoms with Crippen LogP contribution in [-0.4, -0.2) is 51.3 Å². The van der Waals surface area contributed by atoms with Crippen molar-refractivity contribution in [2.45, 2.75) is 20.0 Å². The van der Waals surface area contributed by atoms with Gasteiger partial charge in [0, 0.05) is 35.5 Å². The maximum Gasteiger partial charge on any atom is 0.451 e. The first kappa shape index (κ1) is 22.3. The molecule has 1 N–H and O–H groups in total. The number of nitrogens with zero attached hydrogens (tertiary/aromatic N) is 6. The molecule has 0 radical (unpaired) electrons. The van der Waals surface area contributed by atoms with Gasteiger partial charge in [0.25, 0.3) is 5.91 Å². The molecule has 2 aromatic heterocycles. The van der Waals surface area contributed by atoms with Gasteiger partial charge in [0.2, 0.25) is 5.82 Å². The topological polar surface area (TPSA) is 97.4 Å². The molecule has 0 saturated carbocycles. The lowest BCUT2D eigenvalue weighted by atomic mass is 9.91. The van der Waals surface area contributed by atoms with Crippen LogP contribution in [0.3, 0.4) is 0 Å². The molecule has 3 heterocycles. The van der Waals surface area contributed by atoms with Crippen molar-refractivity contribution < 1.29 is 18.0 Å². The van der Waals surface area contributed by atoms with Gasteiger partial charge < -0.3 is 5.32 Å². The molecule has 0 saturated heterocycles. The van der Waals surface area contributed by atoms with E-state index in [9.17, 15) is 18.0 Å². The number of nitrogens with one attached hydrogen (secondary N) is 1. The van der Waals surface area contributed by atoms with E-state index in [1.807, 2.05) is 19.9 Å². The lowest BCUT2D eigenvalue weighted by Gasteiger charge is -2.25. The fourth-order valence-electron chi connectivity index (χ4n) is 3.31. The Morgan fingerprint density at radius 1 is 1.21 bits per heavy atom. The third-order valence-corrected chi connectivity index (χ3v) is 5.07. The van der Waals surface area contributed by atoms with Gasteiger partial charge in [0.05, 0.1) is 17.9 Å². The number of hydrogen-bond donors (Lipinski definition) is 1. The molecule has 3 aromatic rings. The standard InChI is InChI=1S/C22H20F3N7O/c1-14-3-4-18(28-8-14)15-5-16(19(33)29-11-21(2)9-26-12-27-10-21)7-17(6-15)32-20(22(23,24)25)30-13-31-32/h3-9,12-13H,10-11H2,1-2H3,(H,29,33). The summed E-state index contributed by atoms with van der Waals surface area (Å²) in [7, 11) is 0. The zero-order chi connectivity index (χ0) is 23.6.